The summed E-state index contributed by atoms with van der Waals surface area (Å²) in [5.74, 6) is -0.344. The van der Waals surface area contributed by atoms with Gasteiger partial charge in [0.05, 0.1) is 30.1 Å². The molecule has 1 aliphatic rings. The molecule has 1 aromatic rings. The van der Waals surface area contributed by atoms with E-state index in [1.807, 2.05) is 0 Å². The maximum Gasteiger partial charge on any atom is 0.337 e. The van der Waals surface area contributed by atoms with Gasteiger partial charge in [-0.1, -0.05) is 5.16 Å². The molecule has 0 unspecified atom stereocenters. The van der Waals surface area contributed by atoms with Crippen LogP contribution in [0.3, 0.4) is 0 Å². The van der Waals surface area contributed by atoms with Crippen LogP contribution in [-0.4, -0.2) is 42.9 Å². The zero-order valence-corrected chi connectivity index (χ0v) is 14.4. The van der Waals surface area contributed by atoms with Crippen LogP contribution in [0.15, 0.2) is 15.8 Å². The van der Waals surface area contributed by atoms with Gasteiger partial charge in [0.1, 0.15) is 12.4 Å². The van der Waals surface area contributed by atoms with E-state index in [2.05, 4.69) is 15.8 Å². The number of urea groups is 1. The lowest BCUT2D eigenvalue weighted by atomic mass is 10.1. The fourth-order valence-corrected chi connectivity index (χ4v) is 2.38. The number of carbonyl (C=O) groups is 3. The Balaban J connectivity index is 1.93. The molecule has 2 amide bonds. The molecule has 0 spiro atoms. The number of nitrogens with one attached hydrogen (secondary N) is 2. The Morgan fingerprint density at radius 1 is 1.28 bits per heavy atom. The van der Waals surface area contributed by atoms with Crippen molar-refractivity contribution in [2.75, 3.05) is 19.8 Å². The molecule has 136 valence electrons. The summed E-state index contributed by atoms with van der Waals surface area (Å²) in [7, 11) is 0. The van der Waals surface area contributed by atoms with Gasteiger partial charge in [-0.05, 0) is 27.2 Å². The van der Waals surface area contributed by atoms with Gasteiger partial charge in [0.15, 0.2) is 0 Å². The molecule has 0 fully saturated rings. The Morgan fingerprint density at radius 3 is 2.68 bits per heavy atom. The molecule has 9 heteroatoms. The fourth-order valence-electron chi connectivity index (χ4n) is 2.38. The number of esters is 2. The number of hydrogen-bond acceptors (Lipinski definition) is 7. The van der Waals surface area contributed by atoms with E-state index in [1.165, 1.54) is 0 Å². The Bertz CT molecular complexity index is 687. The third-order valence-electron chi connectivity index (χ3n) is 3.71. The van der Waals surface area contributed by atoms with E-state index in [9.17, 15) is 14.4 Å². The van der Waals surface area contributed by atoms with Crippen molar-refractivity contribution in [2.24, 2.45) is 0 Å². The number of aryl methyl sites for hydroxylation is 2. The minimum atomic E-state index is -0.559. The molecule has 1 aliphatic heterocycles. The zero-order chi connectivity index (χ0) is 18.4. The normalized spacial score (nSPS) is 14.0. The number of nitrogens with zero attached hydrogens (tertiary/aromatic N) is 1. The highest BCUT2D eigenvalue weighted by atomic mass is 16.5. The molecule has 25 heavy (non-hydrogen) atoms. The second kappa shape index (κ2) is 8.32. The number of amides is 2. The molecule has 9 nitrogen and oxygen atoms in total. The van der Waals surface area contributed by atoms with Crippen molar-refractivity contribution in [3.8, 4) is 0 Å². The van der Waals surface area contributed by atoms with Crippen molar-refractivity contribution in [3.05, 3.63) is 28.3 Å². The highest BCUT2D eigenvalue weighted by molar-refractivity contribution is 5.93. The van der Waals surface area contributed by atoms with E-state index < -0.39 is 18.0 Å². The van der Waals surface area contributed by atoms with Crippen LogP contribution in [0.5, 0.6) is 0 Å². The topological polar surface area (TPSA) is 120 Å². The first-order valence-electron chi connectivity index (χ1n) is 7.93. The van der Waals surface area contributed by atoms with E-state index in [-0.39, 0.29) is 37.4 Å². The van der Waals surface area contributed by atoms with Crippen LogP contribution in [-0.2, 0) is 25.5 Å². The Morgan fingerprint density at radius 2 is 2.04 bits per heavy atom. The largest absolute Gasteiger partial charge is 0.463 e. The smallest absolute Gasteiger partial charge is 0.337 e. The van der Waals surface area contributed by atoms with Gasteiger partial charge < -0.3 is 24.6 Å². The molecule has 0 radical (unpaired) electrons. The molecule has 0 atom stereocenters. The third kappa shape index (κ3) is 4.82. The van der Waals surface area contributed by atoms with Crippen molar-refractivity contribution in [1.29, 1.82) is 0 Å². The maximum atomic E-state index is 11.9. The first-order chi connectivity index (χ1) is 11.9. The molecule has 0 saturated carbocycles. The highest BCUT2D eigenvalue weighted by Crippen LogP contribution is 2.15. The van der Waals surface area contributed by atoms with E-state index in [1.54, 1.807) is 20.8 Å². The molecule has 2 rings (SSSR count). The van der Waals surface area contributed by atoms with E-state index in [4.69, 9.17) is 14.0 Å². The van der Waals surface area contributed by atoms with Gasteiger partial charge in [-0.2, -0.15) is 0 Å². The first-order valence-corrected chi connectivity index (χ1v) is 7.93. The van der Waals surface area contributed by atoms with Crippen LogP contribution >= 0.6 is 0 Å². The lowest BCUT2D eigenvalue weighted by Gasteiger charge is -2.21. The second-order valence-corrected chi connectivity index (χ2v) is 5.45. The summed E-state index contributed by atoms with van der Waals surface area (Å²) in [6.45, 7) is 5.29. The predicted octanol–water partition coefficient (Wildman–Crippen LogP) is 0.897. The third-order valence-corrected chi connectivity index (χ3v) is 3.71. The van der Waals surface area contributed by atoms with Crippen molar-refractivity contribution >= 4 is 18.0 Å². The molecule has 0 aliphatic carbocycles. The first kappa shape index (κ1) is 18.5. The fraction of sp³-hybridized carbons (Fsp3) is 0.500. The quantitative estimate of drug-likeness (QED) is 0.700. The van der Waals surface area contributed by atoms with E-state index in [0.29, 0.717) is 12.2 Å². The van der Waals surface area contributed by atoms with Crippen LogP contribution in [0.4, 0.5) is 4.79 Å². The van der Waals surface area contributed by atoms with Crippen LogP contribution in [0.2, 0.25) is 0 Å². The molecule has 1 aromatic heterocycles. The highest BCUT2D eigenvalue weighted by Gasteiger charge is 2.24. The average molecular weight is 351 g/mol. The van der Waals surface area contributed by atoms with Crippen molar-refractivity contribution in [3.63, 3.8) is 0 Å². The predicted molar refractivity (Wildman–Crippen MR) is 85.5 cm³/mol. The molecule has 0 saturated heterocycles. The molecule has 0 bridgehead atoms. The van der Waals surface area contributed by atoms with Gasteiger partial charge in [-0.15, -0.1) is 0 Å². The summed E-state index contributed by atoms with van der Waals surface area (Å²) >= 11 is 0. The summed E-state index contributed by atoms with van der Waals surface area (Å²) < 4.78 is 15.1. The molecular weight excluding hydrogens is 330 g/mol. The number of carbonyl (C=O) groups excluding carboxylic acids is 3. The standard InChI is InChI=1S/C16H21N3O6/c1-4-23-15(21)12-7-17-16(22)18-13(12)8-24-14(20)6-5-11-9(2)19-25-10(11)3/h4-8H2,1-3H3,(H2,17,18,22). The molecular formula is C16H21N3O6. The van der Waals surface area contributed by atoms with Gasteiger partial charge in [-0.25, -0.2) is 9.59 Å². The summed E-state index contributed by atoms with van der Waals surface area (Å²) in [5.41, 5.74) is 2.08. The summed E-state index contributed by atoms with van der Waals surface area (Å²) in [6, 6.07) is -0.463. The second-order valence-electron chi connectivity index (χ2n) is 5.45. The van der Waals surface area contributed by atoms with Crippen LogP contribution in [0.25, 0.3) is 0 Å². The maximum absolute atomic E-state index is 11.9. The molecule has 2 N–H and O–H groups in total. The Labute approximate surface area is 144 Å². The minimum absolute atomic E-state index is 0.0244. The van der Waals surface area contributed by atoms with E-state index >= 15 is 0 Å². The van der Waals surface area contributed by atoms with Crippen molar-refractivity contribution < 1.29 is 28.4 Å². The zero-order valence-electron chi connectivity index (χ0n) is 14.4. The van der Waals surface area contributed by atoms with Crippen molar-refractivity contribution in [1.82, 2.24) is 15.8 Å². The van der Waals surface area contributed by atoms with Gasteiger partial charge >= 0.3 is 18.0 Å². The van der Waals surface area contributed by atoms with Gasteiger partial charge in [0.2, 0.25) is 0 Å². The number of hydrogen-bond donors (Lipinski definition) is 2. The van der Waals surface area contributed by atoms with Crippen LogP contribution in [0.1, 0.15) is 30.4 Å². The van der Waals surface area contributed by atoms with Crippen LogP contribution < -0.4 is 10.6 Å². The number of rotatable bonds is 7. The average Bonchev–Trinajstić information content (AvgIpc) is 2.89. The van der Waals surface area contributed by atoms with Gasteiger partial charge in [0, 0.05) is 12.0 Å². The summed E-state index contributed by atoms with van der Waals surface area (Å²) in [4.78, 5) is 35.3. The van der Waals surface area contributed by atoms with Crippen LogP contribution in [0, 0.1) is 13.8 Å². The monoisotopic (exact) mass is 351 g/mol. The molecule has 2 heterocycles. The Kier molecular flexibility index (Phi) is 6.15. The lowest BCUT2D eigenvalue weighted by molar-refractivity contribution is -0.143. The minimum Gasteiger partial charge on any atom is -0.463 e. The van der Waals surface area contributed by atoms with Gasteiger partial charge in [-0.3, -0.25) is 4.79 Å². The number of aromatic nitrogens is 1. The van der Waals surface area contributed by atoms with Crippen molar-refractivity contribution in [2.45, 2.75) is 33.6 Å². The lowest BCUT2D eigenvalue weighted by Crippen LogP contribution is -2.45. The Hall–Kier alpha value is -2.84. The number of ether oxygens (including phenoxy) is 2. The SMILES string of the molecule is CCOC(=O)C1=C(COC(=O)CCc2c(C)noc2C)NC(=O)NC1. The van der Waals surface area contributed by atoms with Gasteiger partial charge in [0.25, 0.3) is 0 Å². The molecule has 0 aromatic carbocycles. The van der Waals surface area contributed by atoms with E-state index in [0.717, 1.165) is 11.3 Å². The summed E-state index contributed by atoms with van der Waals surface area (Å²) in [6.07, 6.45) is 0.578. The summed E-state index contributed by atoms with van der Waals surface area (Å²) in [5, 5.41) is 8.78.